The molecule has 0 aliphatic carbocycles. The van der Waals surface area contributed by atoms with Crippen LogP contribution in [0.5, 0.6) is 11.5 Å². The van der Waals surface area contributed by atoms with E-state index in [1.807, 2.05) is 0 Å². The van der Waals surface area contributed by atoms with Crippen molar-refractivity contribution >= 4 is 34.7 Å². The molecule has 0 bridgehead atoms. The molecule has 0 fully saturated rings. The zero-order valence-electron chi connectivity index (χ0n) is 16.9. The monoisotopic (exact) mass is 438 g/mol. The molecule has 10 heteroatoms. The van der Waals surface area contributed by atoms with Crippen molar-refractivity contribution in [2.75, 3.05) is 22.9 Å². The van der Waals surface area contributed by atoms with Gasteiger partial charge in [0.25, 0.3) is 0 Å². The number of ether oxygens (including phenoxy) is 2. The van der Waals surface area contributed by atoms with Crippen LogP contribution in [0.3, 0.4) is 0 Å². The lowest BCUT2D eigenvalue weighted by Gasteiger charge is -2.13. The Morgan fingerprint density at radius 1 is 0.625 bits per heavy atom. The summed E-state index contributed by atoms with van der Waals surface area (Å²) in [6.45, 7) is -0.472. The van der Waals surface area contributed by atoms with Crippen LogP contribution < -0.4 is 22.9 Å². The average molecular weight is 438 g/mol. The number of phenols is 2. The van der Waals surface area contributed by atoms with Gasteiger partial charge in [-0.3, -0.25) is 0 Å². The van der Waals surface area contributed by atoms with Crippen molar-refractivity contribution in [1.29, 1.82) is 0 Å². The van der Waals surface area contributed by atoms with E-state index in [-0.39, 0.29) is 13.2 Å². The van der Waals surface area contributed by atoms with Gasteiger partial charge in [0, 0.05) is 22.7 Å². The van der Waals surface area contributed by atoms with E-state index in [1.54, 1.807) is 24.3 Å². The second-order valence-electron chi connectivity index (χ2n) is 7.02. The number of rotatable bonds is 6. The van der Waals surface area contributed by atoms with Crippen molar-refractivity contribution in [3.8, 4) is 11.5 Å². The van der Waals surface area contributed by atoms with Crippen LogP contribution in [0.2, 0.25) is 0 Å². The lowest BCUT2D eigenvalue weighted by molar-refractivity contribution is 0.0419. The Hall–Kier alpha value is -4.60. The first-order valence-electron chi connectivity index (χ1n) is 9.33. The van der Waals surface area contributed by atoms with Crippen LogP contribution in [0.4, 0.5) is 22.7 Å². The van der Waals surface area contributed by atoms with Crippen molar-refractivity contribution in [2.45, 2.75) is 13.2 Å². The fourth-order valence-corrected chi connectivity index (χ4v) is 3.09. The number of nitrogen functional groups attached to an aromatic ring is 4. The molecule has 3 rings (SSSR count). The first kappa shape index (κ1) is 22.1. The molecule has 10 N–H and O–H groups in total. The van der Waals surface area contributed by atoms with Crippen molar-refractivity contribution in [3.63, 3.8) is 0 Å². The Morgan fingerprint density at radius 2 is 0.938 bits per heavy atom. The molecule has 0 aliphatic heterocycles. The van der Waals surface area contributed by atoms with E-state index >= 15 is 0 Å². The van der Waals surface area contributed by atoms with E-state index in [1.165, 1.54) is 12.1 Å². The summed E-state index contributed by atoms with van der Waals surface area (Å²) in [6, 6.07) is 11.4. The Morgan fingerprint density at radius 3 is 1.25 bits per heavy atom. The number of esters is 2. The molecule has 0 saturated heterocycles. The summed E-state index contributed by atoms with van der Waals surface area (Å²) in [5.74, 6) is -3.25. The number of anilines is 4. The van der Waals surface area contributed by atoms with Gasteiger partial charge in [0.2, 0.25) is 0 Å². The molecule has 0 aliphatic rings. The van der Waals surface area contributed by atoms with Crippen LogP contribution >= 0.6 is 0 Å². The third-order valence-corrected chi connectivity index (χ3v) is 4.38. The highest BCUT2D eigenvalue weighted by Crippen LogP contribution is 2.31. The van der Waals surface area contributed by atoms with Gasteiger partial charge in [-0.1, -0.05) is 0 Å². The maximum Gasteiger partial charge on any atom is 0.343 e. The smallest absolute Gasteiger partial charge is 0.343 e. The Balaban J connectivity index is 1.81. The van der Waals surface area contributed by atoms with Gasteiger partial charge < -0.3 is 42.6 Å². The van der Waals surface area contributed by atoms with Crippen LogP contribution in [0.1, 0.15) is 31.8 Å². The lowest BCUT2D eigenvalue weighted by atomic mass is 10.0. The molecule has 10 nitrogen and oxygen atoms in total. The number of hydrogen-bond acceptors (Lipinski definition) is 10. The van der Waals surface area contributed by atoms with Gasteiger partial charge in [-0.2, -0.15) is 0 Å². The van der Waals surface area contributed by atoms with Crippen molar-refractivity contribution < 1.29 is 29.3 Å². The van der Waals surface area contributed by atoms with Crippen LogP contribution in [-0.4, -0.2) is 22.2 Å². The highest BCUT2D eigenvalue weighted by Gasteiger charge is 2.27. The summed E-state index contributed by atoms with van der Waals surface area (Å²) in [6.07, 6.45) is 0. The normalized spacial score (nSPS) is 10.5. The fraction of sp³-hybridized carbons (Fsp3) is 0.0909. The largest absolute Gasteiger partial charge is 0.507 e. The number of aromatic hydroxyl groups is 2. The number of hydrogen-bond donors (Lipinski definition) is 6. The van der Waals surface area contributed by atoms with E-state index in [4.69, 9.17) is 32.4 Å². The first-order valence-corrected chi connectivity index (χ1v) is 9.33. The third-order valence-electron chi connectivity index (χ3n) is 4.38. The number of carbonyl (C=O) groups is 2. The first-order chi connectivity index (χ1) is 15.1. The third kappa shape index (κ3) is 5.11. The van der Waals surface area contributed by atoms with Gasteiger partial charge in [-0.15, -0.1) is 0 Å². The SMILES string of the molecule is Nc1cc(N)cc(COC(=O)c2c(O)ccc(O)c2C(=O)OCc2cc(N)cc(N)c2)c1. The van der Waals surface area contributed by atoms with Gasteiger partial charge in [0.05, 0.1) is 0 Å². The summed E-state index contributed by atoms with van der Waals surface area (Å²) >= 11 is 0. The Bertz CT molecular complexity index is 1060. The molecule has 0 heterocycles. The van der Waals surface area contributed by atoms with Crippen molar-refractivity contribution in [3.05, 3.63) is 70.8 Å². The van der Waals surface area contributed by atoms with E-state index in [9.17, 15) is 19.8 Å². The minimum Gasteiger partial charge on any atom is -0.507 e. The molecular weight excluding hydrogens is 416 g/mol. The number of nitrogens with two attached hydrogens (primary N) is 4. The second-order valence-corrected chi connectivity index (χ2v) is 7.02. The molecule has 3 aromatic rings. The summed E-state index contributed by atoms with van der Waals surface area (Å²) in [5, 5.41) is 20.4. The number of phenolic OH excluding ortho intramolecular Hbond substituents is 2. The molecule has 32 heavy (non-hydrogen) atoms. The molecule has 3 aromatic carbocycles. The van der Waals surface area contributed by atoms with Crippen LogP contribution in [-0.2, 0) is 22.7 Å². The Labute approximate surface area is 183 Å². The summed E-state index contributed by atoms with van der Waals surface area (Å²) < 4.78 is 10.4. The van der Waals surface area contributed by atoms with Gasteiger partial charge in [-0.05, 0) is 59.7 Å². The predicted molar refractivity (Wildman–Crippen MR) is 119 cm³/mol. The van der Waals surface area contributed by atoms with E-state index < -0.39 is 34.6 Å². The number of carbonyl (C=O) groups excluding carboxylic acids is 2. The average Bonchev–Trinajstić information content (AvgIpc) is 2.70. The topological polar surface area (TPSA) is 197 Å². The van der Waals surface area contributed by atoms with Crippen LogP contribution in [0.25, 0.3) is 0 Å². The lowest BCUT2D eigenvalue weighted by Crippen LogP contribution is -2.15. The summed E-state index contributed by atoms with van der Waals surface area (Å²) in [7, 11) is 0. The minimum atomic E-state index is -1.06. The number of benzene rings is 3. The van der Waals surface area contributed by atoms with Crippen molar-refractivity contribution in [1.82, 2.24) is 0 Å². The van der Waals surface area contributed by atoms with Crippen LogP contribution in [0, 0.1) is 0 Å². The highest BCUT2D eigenvalue weighted by atomic mass is 16.5. The molecule has 0 saturated carbocycles. The van der Waals surface area contributed by atoms with Gasteiger partial charge in [0.15, 0.2) is 0 Å². The molecule has 0 radical (unpaired) electrons. The minimum absolute atomic E-state index is 0.236. The predicted octanol–water partition coefficient (Wildman–Crippen LogP) is 2.14. The maximum atomic E-state index is 12.7. The molecule has 0 aromatic heterocycles. The standard InChI is InChI=1S/C22H22N4O6/c23-13-3-11(4-14(24)7-13)9-31-21(29)19-17(27)1-2-18(28)20(19)22(30)32-10-12-5-15(25)8-16(26)6-12/h1-8,27-28H,9-10,23-26H2. The van der Waals surface area contributed by atoms with Gasteiger partial charge in [0.1, 0.15) is 35.8 Å². The quantitative estimate of drug-likeness (QED) is 0.188. The van der Waals surface area contributed by atoms with E-state index in [0.717, 1.165) is 12.1 Å². The van der Waals surface area contributed by atoms with Gasteiger partial charge >= 0.3 is 11.9 Å². The van der Waals surface area contributed by atoms with Crippen LogP contribution in [0.15, 0.2) is 48.5 Å². The Kier molecular flexibility index (Phi) is 6.24. The van der Waals surface area contributed by atoms with Gasteiger partial charge in [-0.25, -0.2) is 9.59 Å². The molecule has 0 amide bonds. The molecular formula is C22H22N4O6. The zero-order valence-corrected chi connectivity index (χ0v) is 16.9. The second kappa shape index (κ2) is 9.04. The fourth-order valence-electron chi connectivity index (χ4n) is 3.09. The zero-order chi connectivity index (χ0) is 23.4. The summed E-state index contributed by atoms with van der Waals surface area (Å²) in [4.78, 5) is 25.3. The summed E-state index contributed by atoms with van der Waals surface area (Å²) in [5.41, 5.74) is 24.3. The maximum absolute atomic E-state index is 12.7. The molecule has 166 valence electrons. The molecule has 0 atom stereocenters. The molecule has 0 unspecified atom stereocenters. The van der Waals surface area contributed by atoms with Crippen molar-refractivity contribution in [2.24, 2.45) is 0 Å². The van der Waals surface area contributed by atoms with E-state index in [2.05, 4.69) is 0 Å². The highest BCUT2D eigenvalue weighted by molar-refractivity contribution is 6.06. The van der Waals surface area contributed by atoms with E-state index in [0.29, 0.717) is 33.9 Å². The molecule has 0 spiro atoms.